The number of aromatic nitrogens is 2. The number of rotatable bonds is 5. The molecule has 19 heavy (non-hydrogen) atoms. The zero-order valence-electron chi connectivity index (χ0n) is 11.0. The zero-order valence-corrected chi connectivity index (χ0v) is 12.6. The van der Waals surface area contributed by atoms with E-state index >= 15 is 0 Å². The Morgan fingerprint density at radius 2 is 2.21 bits per heavy atom. The van der Waals surface area contributed by atoms with Gasteiger partial charge in [0.25, 0.3) is 0 Å². The second-order valence-electron chi connectivity index (χ2n) is 4.69. The van der Waals surface area contributed by atoms with Gasteiger partial charge in [-0.05, 0) is 53.5 Å². The summed E-state index contributed by atoms with van der Waals surface area (Å²) in [5.74, 6) is -0.236. The molecule has 0 fully saturated rings. The van der Waals surface area contributed by atoms with Crippen LogP contribution in [-0.4, -0.2) is 15.8 Å². The first kappa shape index (κ1) is 14.2. The van der Waals surface area contributed by atoms with Crippen molar-refractivity contribution in [3.63, 3.8) is 0 Å². The maximum Gasteiger partial charge on any atom is 0.137 e. The minimum absolute atomic E-state index is 0.155. The van der Waals surface area contributed by atoms with Crippen LogP contribution in [0.1, 0.15) is 25.5 Å². The van der Waals surface area contributed by atoms with Crippen molar-refractivity contribution in [2.45, 2.75) is 32.5 Å². The van der Waals surface area contributed by atoms with E-state index in [4.69, 9.17) is 0 Å². The molecule has 5 heteroatoms. The highest BCUT2D eigenvalue weighted by molar-refractivity contribution is 9.10. The number of hydrogen-bond acceptors (Lipinski definition) is 2. The van der Waals surface area contributed by atoms with Crippen molar-refractivity contribution in [1.29, 1.82) is 0 Å². The van der Waals surface area contributed by atoms with Crippen LogP contribution in [0.5, 0.6) is 0 Å². The first-order chi connectivity index (χ1) is 9.06. The Bertz CT molecular complexity index is 527. The van der Waals surface area contributed by atoms with Gasteiger partial charge in [0.1, 0.15) is 5.82 Å². The topological polar surface area (TPSA) is 29.9 Å². The minimum Gasteiger partial charge on any atom is -0.306 e. The molecule has 102 valence electrons. The maximum atomic E-state index is 13.2. The molecule has 0 aliphatic rings. The highest BCUT2D eigenvalue weighted by Crippen LogP contribution is 2.21. The second-order valence-corrected chi connectivity index (χ2v) is 5.55. The van der Waals surface area contributed by atoms with Crippen LogP contribution in [0.3, 0.4) is 0 Å². The molecule has 1 heterocycles. The molecule has 2 unspecified atom stereocenters. The van der Waals surface area contributed by atoms with Crippen molar-refractivity contribution in [2.24, 2.45) is 0 Å². The summed E-state index contributed by atoms with van der Waals surface area (Å²) < 4.78 is 15.6. The lowest BCUT2D eigenvalue weighted by Crippen LogP contribution is -2.32. The molecule has 2 rings (SSSR count). The van der Waals surface area contributed by atoms with E-state index in [1.165, 1.54) is 6.07 Å². The van der Waals surface area contributed by atoms with E-state index in [1.54, 1.807) is 12.3 Å². The van der Waals surface area contributed by atoms with Crippen LogP contribution in [0.4, 0.5) is 4.39 Å². The molecule has 0 saturated heterocycles. The van der Waals surface area contributed by atoms with Crippen molar-refractivity contribution in [1.82, 2.24) is 15.1 Å². The fraction of sp³-hybridized carbons (Fsp3) is 0.357. The Morgan fingerprint density at radius 3 is 2.84 bits per heavy atom. The highest BCUT2D eigenvalue weighted by atomic mass is 79.9. The summed E-state index contributed by atoms with van der Waals surface area (Å²) in [5.41, 5.74) is 1.06. The monoisotopic (exact) mass is 325 g/mol. The van der Waals surface area contributed by atoms with Crippen molar-refractivity contribution in [3.05, 3.63) is 52.5 Å². The summed E-state index contributed by atoms with van der Waals surface area (Å²) in [6.45, 7) is 4.98. The van der Waals surface area contributed by atoms with Crippen molar-refractivity contribution < 1.29 is 4.39 Å². The van der Waals surface area contributed by atoms with E-state index in [0.29, 0.717) is 4.47 Å². The van der Waals surface area contributed by atoms with Gasteiger partial charge in [-0.2, -0.15) is 5.10 Å². The van der Waals surface area contributed by atoms with Gasteiger partial charge in [-0.15, -0.1) is 0 Å². The molecule has 0 aliphatic heterocycles. The predicted molar refractivity (Wildman–Crippen MR) is 77.3 cm³/mol. The smallest absolute Gasteiger partial charge is 0.137 e. The fourth-order valence-electron chi connectivity index (χ4n) is 2.05. The third-order valence-electron chi connectivity index (χ3n) is 3.00. The Morgan fingerprint density at radius 1 is 1.42 bits per heavy atom. The first-order valence-electron chi connectivity index (χ1n) is 6.24. The van der Waals surface area contributed by atoms with Gasteiger partial charge in [0.15, 0.2) is 0 Å². The van der Waals surface area contributed by atoms with E-state index in [0.717, 1.165) is 12.1 Å². The summed E-state index contributed by atoms with van der Waals surface area (Å²) >= 11 is 3.21. The van der Waals surface area contributed by atoms with Crippen LogP contribution in [0.2, 0.25) is 0 Å². The lowest BCUT2D eigenvalue weighted by molar-refractivity contribution is 0.412. The molecule has 0 bridgehead atoms. The third-order valence-corrected chi connectivity index (χ3v) is 3.61. The third kappa shape index (κ3) is 3.88. The predicted octanol–water partition coefficient (Wildman–Crippen LogP) is 3.52. The molecular weight excluding hydrogens is 309 g/mol. The second kappa shape index (κ2) is 6.30. The van der Waals surface area contributed by atoms with E-state index in [2.05, 4.69) is 40.2 Å². The molecule has 2 aromatic rings. The average molecular weight is 326 g/mol. The molecule has 0 aliphatic carbocycles. The molecule has 0 saturated carbocycles. The van der Waals surface area contributed by atoms with E-state index < -0.39 is 0 Å². The number of nitrogens with zero attached hydrogens (tertiary/aromatic N) is 2. The Kier molecular flexibility index (Phi) is 4.71. The molecule has 1 aromatic heterocycles. The minimum atomic E-state index is -0.236. The normalized spacial score (nSPS) is 14.3. The van der Waals surface area contributed by atoms with Gasteiger partial charge >= 0.3 is 0 Å². The largest absolute Gasteiger partial charge is 0.306 e. The quantitative estimate of drug-likeness (QED) is 0.911. The standard InChI is InChI=1S/C14H17BrFN3/c1-10(9-19-7-3-6-17-19)18-11(2)12-4-5-14(16)13(15)8-12/h3-8,10-11,18H,9H2,1-2H3. The van der Waals surface area contributed by atoms with Crippen LogP contribution in [0, 0.1) is 5.82 Å². The molecule has 0 radical (unpaired) electrons. The van der Waals surface area contributed by atoms with Crippen molar-refractivity contribution in [3.8, 4) is 0 Å². The van der Waals surface area contributed by atoms with Crippen LogP contribution < -0.4 is 5.32 Å². The molecule has 1 N–H and O–H groups in total. The maximum absolute atomic E-state index is 13.2. The summed E-state index contributed by atoms with van der Waals surface area (Å²) in [6.07, 6.45) is 3.71. The number of nitrogens with one attached hydrogen (secondary N) is 1. The first-order valence-corrected chi connectivity index (χ1v) is 7.04. The highest BCUT2D eigenvalue weighted by Gasteiger charge is 2.11. The van der Waals surface area contributed by atoms with Gasteiger partial charge in [-0.1, -0.05) is 6.07 Å². The van der Waals surface area contributed by atoms with Crippen LogP contribution in [-0.2, 0) is 6.54 Å². The van der Waals surface area contributed by atoms with E-state index in [9.17, 15) is 4.39 Å². The van der Waals surface area contributed by atoms with Gasteiger partial charge < -0.3 is 5.32 Å². The number of halogens is 2. The SMILES string of the molecule is CC(Cn1cccn1)NC(C)c1ccc(F)c(Br)c1. The molecule has 2 atom stereocenters. The van der Waals surface area contributed by atoms with E-state index in [1.807, 2.05) is 23.0 Å². The summed E-state index contributed by atoms with van der Waals surface area (Å²) in [5, 5.41) is 7.66. The van der Waals surface area contributed by atoms with Crippen LogP contribution in [0.25, 0.3) is 0 Å². The van der Waals surface area contributed by atoms with E-state index in [-0.39, 0.29) is 17.9 Å². The molecule has 1 aromatic carbocycles. The lowest BCUT2D eigenvalue weighted by atomic mass is 10.1. The Hall–Kier alpha value is -1.20. The van der Waals surface area contributed by atoms with Crippen LogP contribution in [0.15, 0.2) is 41.1 Å². The van der Waals surface area contributed by atoms with Gasteiger partial charge in [-0.25, -0.2) is 4.39 Å². The number of benzene rings is 1. The average Bonchev–Trinajstić information content (AvgIpc) is 2.85. The number of hydrogen-bond donors (Lipinski definition) is 1. The van der Waals surface area contributed by atoms with Gasteiger partial charge in [-0.3, -0.25) is 4.68 Å². The molecule has 3 nitrogen and oxygen atoms in total. The molecule has 0 spiro atoms. The Balaban J connectivity index is 1.96. The van der Waals surface area contributed by atoms with Gasteiger partial charge in [0.05, 0.1) is 11.0 Å². The van der Waals surface area contributed by atoms with Gasteiger partial charge in [0, 0.05) is 24.5 Å². The summed E-state index contributed by atoms with van der Waals surface area (Å²) in [7, 11) is 0. The van der Waals surface area contributed by atoms with Crippen molar-refractivity contribution >= 4 is 15.9 Å². The fourth-order valence-corrected chi connectivity index (χ4v) is 2.44. The molecular formula is C14H17BrFN3. The summed E-state index contributed by atoms with van der Waals surface area (Å²) in [4.78, 5) is 0. The summed E-state index contributed by atoms with van der Waals surface area (Å²) in [6, 6.07) is 7.44. The van der Waals surface area contributed by atoms with Crippen LogP contribution >= 0.6 is 15.9 Å². The van der Waals surface area contributed by atoms with Crippen molar-refractivity contribution in [2.75, 3.05) is 0 Å². The lowest BCUT2D eigenvalue weighted by Gasteiger charge is -2.20. The zero-order chi connectivity index (χ0) is 13.8. The molecule has 0 amide bonds. The van der Waals surface area contributed by atoms with Gasteiger partial charge in [0.2, 0.25) is 0 Å². The Labute approximate surface area is 121 Å².